The Morgan fingerprint density at radius 1 is 0.542 bits per heavy atom. The molecular weight excluding hydrogens is 292 g/mol. The lowest BCUT2D eigenvalue weighted by atomic mass is 9.79. The van der Waals surface area contributed by atoms with Crippen LogP contribution >= 0.6 is 0 Å². The normalized spacial score (nSPS) is 23.4. The van der Waals surface area contributed by atoms with Crippen molar-refractivity contribution in [2.24, 2.45) is 0 Å². The Kier molecular flexibility index (Phi) is 6.23. The van der Waals surface area contributed by atoms with Crippen molar-refractivity contribution in [2.75, 3.05) is 0 Å². The molecule has 0 radical (unpaired) electrons. The molecule has 0 saturated heterocycles. The molecule has 0 bridgehead atoms. The Morgan fingerprint density at radius 2 is 0.917 bits per heavy atom. The van der Waals surface area contributed by atoms with E-state index in [4.69, 9.17) is 0 Å². The summed E-state index contributed by atoms with van der Waals surface area (Å²) in [4.78, 5) is 13.5. The van der Waals surface area contributed by atoms with Gasteiger partial charge in [0.2, 0.25) is 0 Å². The first-order valence-electron chi connectivity index (χ1n) is 9.50. The molecule has 2 unspecified atom stereocenters. The molecule has 1 aliphatic rings. The molecule has 0 aromatic heterocycles. The smallest absolute Gasteiger partial charge is 0.147 e. The molecule has 24 heavy (non-hydrogen) atoms. The molecule has 1 saturated carbocycles. The van der Waals surface area contributed by atoms with E-state index >= 15 is 0 Å². The van der Waals surface area contributed by atoms with Crippen molar-refractivity contribution in [3.63, 3.8) is 0 Å². The van der Waals surface area contributed by atoms with Gasteiger partial charge in [-0.15, -0.1) is 0 Å². The minimum atomic E-state index is 0.0505. The molecule has 1 heteroatoms. The van der Waals surface area contributed by atoms with Crippen molar-refractivity contribution >= 4 is 5.78 Å². The lowest BCUT2D eigenvalue weighted by molar-refractivity contribution is -0.122. The van der Waals surface area contributed by atoms with E-state index in [9.17, 15) is 4.79 Å². The summed E-state index contributed by atoms with van der Waals surface area (Å²) in [5.74, 6) is 0.526. The van der Waals surface area contributed by atoms with E-state index in [-0.39, 0.29) is 11.8 Å². The zero-order valence-corrected chi connectivity index (χ0v) is 14.5. The van der Waals surface area contributed by atoms with Crippen LogP contribution in [-0.4, -0.2) is 5.78 Å². The Labute approximate surface area is 146 Å². The summed E-state index contributed by atoms with van der Waals surface area (Å²) in [6, 6.07) is 20.8. The average Bonchev–Trinajstić information content (AvgIpc) is 2.68. The molecule has 0 amide bonds. The standard InChI is InChI=1S/C23H28O/c24-23-21(19-13-7-5-8-14-19)17-11-3-1-2-4-12-18-22(23)20-15-9-6-10-16-20/h5-10,13-16,21-22H,1-4,11-12,17-18H2. The van der Waals surface area contributed by atoms with Gasteiger partial charge in [-0.3, -0.25) is 4.79 Å². The molecule has 0 heterocycles. The van der Waals surface area contributed by atoms with Crippen LogP contribution < -0.4 is 0 Å². The van der Waals surface area contributed by atoms with Crippen LogP contribution in [0, 0.1) is 0 Å². The Bertz CT molecular complexity index is 561. The fourth-order valence-corrected chi connectivity index (χ4v) is 3.96. The summed E-state index contributed by atoms with van der Waals surface area (Å²) >= 11 is 0. The van der Waals surface area contributed by atoms with E-state index in [0.29, 0.717) is 5.78 Å². The maximum absolute atomic E-state index is 13.5. The summed E-state index contributed by atoms with van der Waals surface area (Å²) in [6.07, 6.45) is 9.44. The predicted molar refractivity (Wildman–Crippen MR) is 100 cm³/mol. The van der Waals surface area contributed by atoms with Gasteiger partial charge in [-0.05, 0) is 24.0 Å². The van der Waals surface area contributed by atoms with E-state index < -0.39 is 0 Å². The fourth-order valence-electron chi connectivity index (χ4n) is 3.96. The third-order valence-electron chi connectivity index (χ3n) is 5.33. The van der Waals surface area contributed by atoms with E-state index in [1.54, 1.807) is 0 Å². The van der Waals surface area contributed by atoms with Crippen molar-refractivity contribution < 1.29 is 4.79 Å². The molecule has 1 nitrogen and oxygen atoms in total. The van der Waals surface area contributed by atoms with E-state index in [1.165, 1.54) is 36.8 Å². The average molecular weight is 320 g/mol. The van der Waals surface area contributed by atoms with Crippen molar-refractivity contribution in [1.82, 2.24) is 0 Å². The van der Waals surface area contributed by atoms with E-state index in [1.807, 2.05) is 12.1 Å². The van der Waals surface area contributed by atoms with E-state index in [0.717, 1.165) is 25.7 Å². The lowest BCUT2D eigenvalue weighted by Gasteiger charge is -2.23. The fraction of sp³-hybridized carbons (Fsp3) is 0.435. The molecule has 1 fully saturated rings. The summed E-state index contributed by atoms with van der Waals surface area (Å²) in [5, 5.41) is 0. The third kappa shape index (κ3) is 4.35. The number of carbonyl (C=O) groups excluding carboxylic acids is 1. The summed E-state index contributed by atoms with van der Waals surface area (Å²) in [5.41, 5.74) is 2.39. The number of hydrogen-bond donors (Lipinski definition) is 0. The SMILES string of the molecule is O=C1C(c2ccccc2)CCCCCCCCC1c1ccccc1. The third-order valence-corrected chi connectivity index (χ3v) is 5.33. The Balaban J connectivity index is 1.90. The van der Waals surface area contributed by atoms with Gasteiger partial charge in [-0.1, -0.05) is 99.2 Å². The van der Waals surface area contributed by atoms with Gasteiger partial charge in [0, 0.05) is 11.8 Å². The molecular formula is C23H28O. The highest BCUT2D eigenvalue weighted by Gasteiger charge is 2.29. The zero-order valence-electron chi connectivity index (χ0n) is 14.5. The van der Waals surface area contributed by atoms with Crippen LogP contribution in [0.4, 0.5) is 0 Å². The number of rotatable bonds is 2. The maximum atomic E-state index is 13.5. The van der Waals surface area contributed by atoms with Gasteiger partial charge >= 0.3 is 0 Å². The van der Waals surface area contributed by atoms with Crippen LogP contribution in [0.15, 0.2) is 60.7 Å². The first-order chi connectivity index (χ1) is 11.9. The van der Waals surface area contributed by atoms with E-state index in [2.05, 4.69) is 48.5 Å². The van der Waals surface area contributed by atoms with Gasteiger partial charge in [0.05, 0.1) is 0 Å². The van der Waals surface area contributed by atoms with Crippen LogP contribution in [0.2, 0.25) is 0 Å². The highest BCUT2D eigenvalue weighted by molar-refractivity contribution is 5.91. The minimum absolute atomic E-state index is 0.0505. The number of carbonyl (C=O) groups is 1. The number of hydrogen-bond acceptors (Lipinski definition) is 1. The van der Waals surface area contributed by atoms with Crippen molar-refractivity contribution in [3.8, 4) is 0 Å². The van der Waals surface area contributed by atoms with Gasteiger partial charge in [-0.2, -0.15) is 0 Å². The first-order valence-corrected chi connectivity index (χ1v) is 9.50. The van der Waals surface area contributed by atoms with Gasteiger partial charge in [-0.25, -0.2) is 0 Å². The molecule has 3 rings (SSSR count). The highest BCUT2D eigenvalue weighted by atomic mass is 16.1. The second-order valence-corrected chi connectivity index (χ2v) is 7.03. The monoisotopic (exact) mass is 320 g/mol. The molecule has 2 atom stereocenters. The molecule has 0 aliphatic heterocycles. The Hall–Kier alpha value is -1.89. The molecule has 2 aromatic carbocycles. The summed E-state index contributed by atoms with van der Waals surface area (Å²) in [7, 11) is 0. The van der Waals surface area contributed by atoms with Gasteiger partial charge < -0.3 is 0 Å². The second-order valence-electron chi connectivity index (χ2n) is 7.03. The Morgan fingerprint density at radius 3 is 1.33 bits per heavy atom. The lowest BCUT2D eigenvalue weighted by Crippen LogP contribution is -2.21. The zero-order chi connectivity index (χ0) is 16.6. The van der Waals surface area contributed by atoms with Crippen LogP contribution in [0.25, 0.3) is 0 Å². The first kappa shape index (κ1) is 17.0. The molecule has 0 spiro atoms. The topological polar surface area (TPSA) is 17.1 Å². The van der Waals surface area contributed by atoms with Gasteiger partial charge in [0.15, 0.2) is 0 Å². The summed E-state index contributed by atoms with van der Waals surface area (Å²) < 4.78 is 0. The van der Waals surface area contributed by atoms with Crippen LogP contribution in [0.5, 0.6) is 0 Å². The number of benzene rings is 2. The predicted octanol–water partition coefficient (Wildman–Crippen LogP) is 6.26. The molecule has 126 valence electrons. The summed E-state index contributed by atoms with van der Waals surface area (Å²) in [6.45, 7) is 0. The maximum Gasteiger partial charge on any atom is 0.147 e. The number of Topliss-reactive ketones (excluding diaryl/α,β-unsaturated/α-hetero) is 1. The molecule has 0 N–H and O–H groups in total. The van der Waals surface area contributed by atoms with Crippen molar-refractivity contribution in [3.05, 3.63) is 71.8 Å². The second kappa shape index (κ2) is 8.82. The van der Waals surface area contributed by atoms with Crippen LogP contribution in [0.1, 0.15) is 74.3 Å². The van der Waals surface area contributed by atoms with Crippen LogP contribution in [-0.2, 0) is 4.79 Å². The molecule has 1 aliphatic carbocycles. The highest BCUT2D eigenvalue weighted by Crippen LogP contribution is 2.34. The van der Waals surface area contributed by atoms with Crippen LogP contribution in [0.3, 0.4) is 0 Å². The largest absolute Gasteiger partial charge is 0.298 e. The van der Waals surface area contributed by atoms with Crippen molar-refractivity contribution in [2.45, 2.75) is 63.2 Å². The van der Waals surface area contributed by atoms with Gasteiger partial charge in [0.25, 0.3) is 0 Å². The number of ketones is 1. The quantitative estimate of drug-likeness (QED) is 0.638. The minimum Gasteiger partial charge on any atom is -0.298 e. The van der Waals surface area contributed by atoms with Gasteiger partial charge in [0.1, 0.15) is 5.78 Å². The molecule has 2 aromatic rings. The van der Waals surface area contributed by atoms with Crippen molar-refractivity contribution in [1.29, 1.82) is 0 Å².